The highest BCUT2D eigenvalue weighted by Gasteiger charge is 2.19. The third-order valence-corrected chi connectivity index (χ3v) is 4.22. The van der Waals surface area contributed by atoms with Gasteiger partial charge in [-0.25, -0.2) is 9.18 Å². The monoisotopic (exact) mass is 306 g/mol. The van der Waals surface area contributed by atoms with Crippen LogP contribution in [0.2, 0.25) is 0 Å². The summed E-state index contributed by atoms with van der Waals surface area (Å²) in [6.45, 7) is 3.28. The molecule has 5 nitrogen and oxygen atoms in total. The molecule has 3 aromatic rings. The molecule has 1 aromatic carbocycles. The van der Waals surface area contributed by atoms with Crippen molar-refractivity contribution in [1.29, 1.82) is 0 Å². The fraction of sp³-hybridized carbons (Fsp3) is 0.214. The number of halogens is 1. The first-order valence-electron chi connectivity index (χ1n) is 6.20. The molecule has 3 rings (SSSR count). The zero-order valence-corrected chi connectivity index (χ0v) is 12.2. The largest absolute Gasteiger partial charge is 0.451 e. The predicted octanol–water partition coefficient (Wildman–Crippen LogP) is 3.40. The number of benzene rings is 1. The summed E-state index contributed by atoms with van der Waals surface area (Å²) in [5.41, 5.74) is 0.583. The summed E-state index contributed by atoms with van der Waals surface area (Å²) >= 11 is 1.21. The van der Waals surface area contributed by atoms with Gasteiger partial charge in [0.05, 0.1) is 0 Å². The number of rotatable bonds is 3. The number of thiophene rings is 1. The quantitative estimate of drug-likeness (QED) is 0.694. The minimum atomic E-state index is -0.524. The van der Waals surface area contributed by atoms with E-state index in [1.54, 1.807) is 26.0 Å². The van der Waals surface area contributed by atoms with Crippen LogP contribution in [0.25, 0.3) is 10.1 Å². The highest BCUT2D eigenvalue weighted by Crippen LogP contribution is 2.33. The number of hydrogen-bond acceptors (Lipinski definition) is 6. The second-order valence-corrected chi connectivity index (χ2v) is 5.53. The summed E-state index contributed by atoms with van der Waals surface area (Å²) < 4.78 is 24.5. The molecule has 0 unspecified atom stereocenters. The Morgan fingerprint density at radius 2 is 2.24 bits per heavy atom. The standard InChI is InChI=1S/C14H11FN2O3S/c1-7-12-9(15)4-3-5-10(12)21-13(7)14(18)19-6-11-16-8(2)17-20-11/h3-5H,6H2,1-2H3. The Morgan fingerprint density at radius 1 is 1.43 bits per heavy atom. The van der Waals surface area contributed by atoms with Gasteiger partial charge < -0.3 is 9.26 Å². The third kappa shape index (κ3) is 2.52. The molecule has 0 aliphatic carbocycles. The second-order valence-electron chi connectivity index (χ2n) is 4.48. The van der Waals surface area contributed by atoms with Gasteiger partial charge in [0.1, 0.15) is 10.7 Å². The molecule has 108 valence electrons. The molecule has 0 atom stereocenters. The van der Waals surface area contributed by atoms with E-state index >= 15 is 0 Å². The molecule has 0 aliphatic rings. The third-order valence-electron chi connectivity index (χ3n) is 2.98. The van der Waals surface area contributed by atoms with E-state index in [-0.39, 0.29) is 18.3 Å². The van der Waals surface area contributed by atoms with Gasteiger partial charge in [0.2, 0.25) is 0 Å². The van der Waals surface area contributed by atoms with E-state index in [0.29, 0.717) is 26.4 Å². The van der Waals surface area contributed by atoms with Crippen molar-refractivity contribution >= 4 is 27.4 Å². The van der Waals surface area contributed by atoms with Crippen LogP contribution in [-0.2, 0) is 11.3 Å². The Labute approximate surface area is 123 Å². The molecular formula is C14H11FN2O3S. The number of carbonyl (C=O) groups excluding carboxylic acids is 1. The van der Waals surface area contributed by atoms with E-state index in [1.807, 2.05) is 0 Å². The zero-order chi connectivity index (χ0) is 15.0. The molecule has 0 fully saturated rings. The van der Waals surface area contributed by atoms with Crippen LogP contribution in [0.4, 0.5) is 4.39 Å². The molecule has 2 aromatic heterocycles. The molecule has 2 heterocycles. The lowest BCUT2D eigenvalue weighted by Gasteiger charge is -2.00. The minimum absolute atomic E-state index is 0.101. The molecule has 0 radical (unpaired) electrons. The lowest BCUT2D eigenvalue weighted by Crippen LogP contribution is -2.05. The molecule has 0 aliphatic heterocycles. The molecule has 21 heavy (non-hydrogen) atoms. The number of fused-ring (bicyclic) bond motifs is 1. The SMILES string of the molecule is Cc1noc(COC(=O)c2sc3cccc(F)c3c2C)n1. The van der Waals surface area contributed by atoms with Crippen molar-refractivity contribution in [3.05, 3.63) is 46.2 Å². The smallest absolute Gasteiger partial charge is 0.349 e. The average molecular weight is 306 g/mol. The number of esters is 1. The van der Waals surface area contributed by atoms with E-state index in [2.05, 4.69) is 10.1 Å². The van der Waals surface area contributed by atoms with Crippen LogP contribution in [0.3, 0.4) is 0 Å². The maximum absolute atomic E-state index is 13.8. The van der Waals surface area contributed by atoms with Crippen LogP contribution in [0.5, 0.6) is 0 Å². The van der Waals surface area contributed by atoms with Crippen LogP contribution in [0.15, 0.2) is 22.7 Å². The highest BCUT2D eigenvalue weighted by molar-refractivity contribution is 7.21. The zero-order valence-electron chi connectivity index (χ0n) is 11.3. The average Bonchev–Trinajstić information content (AvgIpc) is 3.01. The van der Waals surface area contributed by atoms with Crippen LogP contribution >= 0.6 is 11.3 Å². The van der Waals surface area contributed by atoms with Gasteiger partial charge in [-0.1, -0.05) is 11.2 Å². The number of ether oxygens (including phenoxy) is 1. The maximum atomic E-state index is 13.8. The molecule has 0 bridgehead atoms. The van der Waals surface area contributed by atoms with Crippen molar-refractivity contribution in [3.63, 3.8) is 0 Å². The molecule has 0 spiro atoms. The van der Waals surface area contributed by atoms with Gasteiger partial charge in [-0.3, -0.25) is 0 Å². The minimum Gasteiger partial charge on any atom is -0.451 e. The summed E-state index contributed by atoms with van der Waals surface area (Å²) in [4.78, 5) is 16.4. The van der Waals surface area contributed by atoms with Crippen LogP contribution in [0.1, 0.15) is 27.0 Å². The van der Waals surface area contributed by atoms with E-state index in [4.69, 9.17) is 9.26 Å². The molecule has 0 N–H and O–H groups in total. The topological polar surface area (TPSA) is 65.2 Å². The fourth-order valence-corrected chi connectivity index (χ4v) is 3.16. The lowest BCUT2D eigenvalue weighted by atomic mass is 10.1. The lowest BCUT2D eigenvalue weighted by molar-refractivity contribution is 0.0435. The number of aromatic nitrogens is 2. The summed E-state index contributed by atoms with van der Waals surface area (Å²) in [6, 6.07) is 4.76. The number of hydrogen-bond donors (Lipinski definition) is 0. The van der Waals surface area contributed by atoms with Crippen molar-refractivity contribution in [2.24, 2.45) is 0 Å². The van der Waals surface area contributed by atoms with Gasteiger partial charge in [0.15, 0.2) is 12.4 Å². The Bertz CT molecular complexity index is 825. The highest BCUT2D eigenvalue weighted by atomic mass is 32.1. The number of aryl methyl sites for hydroxylation is 2. The number of carbonyl (C=O) groups is 1. The maximum Gasteiger partial charge on any atom is 0.349 e. The summed E-state index contributed by atoms with van der Waals surface area (Å²) in [7, 11) is 0. The molecule has 0 amide bonds. The summed E-state index contributed by atoms with van der Waals surface area (Å²) in [5.74, 6) is -0.163. The first-order valence-corrected chi connectivity index (χ1v) is 7.02. The van der Waals surface area contributed by atoms with Gasteiger partial charge in [-0.2, -0.15) is 4.98 Å². The second kappa shape index (κ2) is 5.25. The molecule has 0 saturated heterocycles. The van der Waals surface area contributed by atoms with Crippen molar-refractivity contribution in [3.8, 4) is 0 Å². The van der Waals surface area contributed by atoms with Gasteiger partial charge in [0.25, 0.3) is 5.89 Å². The first-order chi connectivity index (χ1) is 10.1. The molecule has 0 saturated carbocycles. The Morgan fingerprint density at radius 3 is 2.90 bits per heavy atom. The Hall–Kier alpha value is -2.28. The Kier molecular flexibility index (Phi) is 3.42. The van der Waals surface area contributed by atoms with Gasteiger partial charge in [-0.05, 0) is 31.5 Å². The molecular weight excluding hydrogens is 295 g/mol. The van der Waals surface area contributed by atoms with Crippen molar-refractivity contribution in [2.75, 3.05) is 0 Å². The van der Waals surface area contributed by atoms with Gasteiger partial charge in [0, 0.05) is 10.1 Å². The van der Waals surface area contributed by atoms with Crippen molar-refractivity contribution in [2.45, 2.75) is 20.5 Å². The van der Waals surface area contributed by atoms with Gasteiger partial charge in [-0.15, -0.1) is 11.3 Å². The predicted molar refractivity (Wildman–Crippen MR) is 74.7 cm³/mol. The van der Waals surface area contributed by atoms with Crippen LogP contribution in [0, 0.1) is 19.7 Å². The van der Waals surface area contributed by atoms with Crippen molar-refractivity contribution < 1.29 is 18.4 Å². The normalized spacial score (nSPS) is 11.0. The number of nitrogens with zero attached hydrogens (tertiary/aromatic N) is 2. The van der Waals surface area contributed by atoms with E-state index in [0.717, 1.165) is 0 Å². The van der Waals surface area contributed by atoms with Gasteiger partial charge >= 0.3 is 5.97 Å². The van der Waals surface area contributed by atoms with Crippen LogP contribution < -0.4 is 0 Å². The fourth-order valence-electron chi connectivity index (χ4n) is 2.04. The van der Waals surface area contributed by atoms with E-state index in [9.17, 15) is 9.18 Å². The van der Waals surface area contributed by atoms with Crippen molar-refractivity contribution in [1.82, 2.24) is 10.1 Å². The first kappa shape index (κ1) is 13.7. The molecule has 7 heteroatoms. The Balaban J connectivity index is 1.84. The van der Waals surface area contributed by atoms with Crippen LogP contribution in [-0.4, -0.2) is 16.1 Å². The van der Waals surface area contributed by atoms with E-state index in [1.165, 1.54) is 17.4 Å². The summed E-state index contributed by atoms with van der Waals surface area (Å²) in [6.07, 6.45) is 0. The summed E-state index contributed by atoms with van der Waals surface area (Å²) in [5, 5.41) is 4.07. The van der Waals surface area contributed by atoms with E-state index < -0.39 is 5.97 Å².